The minimum absolute atomic E-state index is 0.174. The molecule has 0 fully saturated rings. The van der Waals surface area contributed by atoms with Gasteiger partial charge in [-0.1, -0.05) is 18.2 Å². The molecule has 0 radical (unpaired) electrons. The van der Waals surface area contributed by atoms with E-state index in [-0.39, 0.29) is 11.8 Å². The van der Waals surface area contributed by atoms with Crippen LogP contribution in [0.1, 0.15) is 35.3 Å². The van der Waals surface area contributed by atoms with Crippen LogP contribution in [0, 0.1) is 6.92 Å². The summed E-state index contributed by atoms with van der Waals surface area (Å²) in [5, 5.41) is 3.37. The lowest BCUT2D eigenvalue weighted by Gasteiger charge is -2.30. The molecule has 1 aliphatic heterocycles. The van der Waals surface area contributed by atoms with Crippen LogP contribution in [0.25, 0.3) is 0 Å². The molecule has 0 amide bonds. The second-order valence-corrected chi connectivity index (χ2v) is 7.50. The highest BCUT2D eigenvalue weighted by molar-refractivity contribution is 5.53. The molecule has 31 heavy (non-hydrogen) atoms. The third-order valence-electron chi connectivity index (χ3n) is 5.19. The van der Waals surface area contributed by atoms with Crippen LogP contribution in [0.2, 0.25) is 0 Å². The van der Waals surface area contributed by atoms with Crippen molar-refractivity contribution in [3.05, 3.63) is 71.3 Å². The number of pyridine rings is 1. The first kappa shape index (κ1) is 20.9. The van der Waals surface area contributed by atoms with E-state index in [1.807, 2.05) is 32.2 Å². The van der Waals surface area contributed by atoms with Crippen molar-refractivity contribution < 1.29 is 17.9 Å². The minimum atomic E-state index is -4.70. The van der Waals surface area contributed by atoms with Gasteiger partial charge in [-0.3, -0.25) is 0 Å². The molecule has 162 valence electrons. The zero-order chi connectivity index (χ0) is 22.0. The van der Waals surface area contributed by atoms with E-state index in [2.05, 4.69) is 29.9 Å². The number of aromatic nitrogens is 3. The topological polar surface area (TPSA) is 63.2 Å². The van der Waals surface area contributed by atoms with E-state index in [1.54, 1.807) is 12.1 Å². The van der Waals surface area contributed by atoms with Crippen molar-refractivity contribution >= 4 is 11.6 Å². The number of aryl methyl sites for hydroxylation is 1. The van der Waals surface area contributed by atoms with E-state index >= 15 is 0 Å². The molecular weight excluding hydrogens is 407 g/mol. The number of alkyl halides is 3. The maximum atomic E-state index is 12.4. The Morgan fingerprint density at radius 3 is 2.52 bits per heavy atom. The maximum absolute atomic E-state index is 12.4. The monoisotopic (exact) mass is 429 g/mol. The van der Waals surface area contributed by atoms with Gasteiger partial charge in [0.2, 0.25) is 0 Å². The number of nitrogens with zero attached hydrogens (tertiary/aromatic N) is 4. The van der Waals surface area contributed by atoms with Crippen LogP contribution < -0.4 is 15.0 Å². The molecule has 0 saturated carbocycles. The zero-order valence-electron chi connectivity index (χ0n) is 17.1. The Kier molecular flexibility index (Phi) is 5.67. The number of ether oxygens (including phenoxy) is 1. The van der Waals surface area contributed by atoms with E-state index in [9.17, 15) is 13.2 Å². The lowest BCUT2D eigenvalue weighted by atomic mass is 10.0. The van der Waals surface area contributed by atoms with Gasteiger partial charge in [-0.25, -0.2) is 15.0 Å². The van der Waals surface area contributed by atoms with Gasteiger partial charge in [-0.15, -0.1) is 13.2 Å². The lowest BCUT2D eigenvalue weighted by molar-refractivity contribution is -0.274. The van der Waals surface area contributed by atoms with Crippen molar-refractivity contribution in [1.29, 1.82) is 0 Å². The molecule has 6 nitrogen and oxygen atoms in total. The third kappa shape index (κ3) is 5.04. The van der Waals surface area contributed by atoms with E-state index in [4.69, 9.17) is 0 Å². The molecular formula is C22H22F3N5O. The van der Waals surface area contributed by atoms with Crippen LogP contribution in [0.3, 0.4) is 0 Å². The number of benzene rings is 1. The first-order valence-electron chi connectivity index (χ1n) is 9.91. The predicted molar refractivity (Wildman–Crippen MR) is 111 cm³/mol. The fraction of sp³-hybridized carbons (Fsp3) is 0.318. The van der Waals surface area contributed by atoms with Crippen LogP contribution >= 0.6 is 0 Å². The van der Waals surface area contributed by atoms with Gasteiger partial charge in [0.05, 0.1) is 5.69 Å². The predicted octanol–water partition coefficient (Wildman–Crippen LogP) is 4.81. The normalized spacial score (nSPS) is 14.7. The van der Waals surface area contributed by atoms with Crippen molar-refractivity contribution in [1.82, 2.24) is 15.0 Å². The SMILES string of the molecule is Cc1ccc(N2CCc3ncnc(NC(C)c4ccc(OC(F)(F)F)cc4)c3C2)nc1. The van der Waals surface area contributed by atoms with Crippen molar-refractivity contribution in [2.45, 2.75) is 39.2 Å². The van der Waals surface area contributed by atoms with Gasteiger partial charge in [-0.05, 0) is 43.2 Å². The largest absolute Gasteiger partial charge is 0.573 e. The van der Waals surface area contributed by atoms with Gasteiger partial charge >= 0.3 is 6.36 Å². The van der Waals surface area contributed by atoms with Gasteiger partial charge in [0.15, 0.2) is 0 Å². The summed E-state index contributed by atoms with van der Waals surface area (Å²) >= 11 is 0. The second-order valence-electron chi connectivity index (χ2n) is 7.50. The molecule has 1 aromatic carbocycles. The standard InChI is InChI=1S/C22H22F3N5O/c1-14-3-8-20(26-11-14)30-10-9-19-18(12-30)21(28-13-27-19)29-15(2)16-4-6-17(7-5-16)31-22(23,24)25/h3-8,11,13,15H,9-10,12H2,1-2H3,(H,27,28,29). The first-order chi connectivity index (χ1) is 14.8. The Bertz CT molecular complexity index is 1040. The van der Waals surface area contributed by atoms with E-state index < -0.39 is 6.36 Å². The third-order valence-corrected chi connectivity index (χ3v) is 5.19. The van der Waals surface area contributed by atoms with E-state index in [0.717, 1.165) is 41.2 Å². The average molecular weight is 429 g/mol. The van der Waals surface area contributed by atoms with Crippen LogP contribution in [0.15, 0.2) is 48.9 Å². The molecule has 2 aromatic heterocycles. The summed E-state index contributed by atoms with van der Waals surface area (Å²) in [6.45, 7) is 5.37. The van der Waals surface area contributed by atoms with Crippen LogP contribution in [0.5, 0.6) is 5.75 Å². The molecule has 9 heteroatoms. The van der Waals surface area contributed by atoms with Gasteiger partial charge in [0.1, 0.15) is 23.7 Å². The summed E-state index contributed by atoms with van der Waals surface area (Å²) in [5.74, 6) is 1.37. The molecule has 0 aliphatic carbocycles. The second kappa shape index (κ2) is 8.41. The number of halogens is 3. The summed E-state index contributed by atoms with van der Waals surface area (Å²) in [7, 11) is 0. The van der Waals surface area contributed by atoms with Gasteiger partial charge in [0.25, 0.3) is 0 Å². The fourth-order valence-corrected chi connectivity index (χ4v) is 3.55. The molecule has 1 N–H and O–H groups in total. The Morgan fingerprint density at radius 2 is 1.84 bits per heavy atom. The quantitative estimate of drug-likeness (QED) is 0.628. The van der Waals surface area contributed by atoms with Crippen molar-refractivity contribution in [2.75, 3.05) is 16.8 Å². The van der Waals surface area contributed by atoms with Crippen molar-refractivity contribution in [3.63, 3.8) is 0 Å². The molecule has 1 atom stereocenters. The van der Waals surface area contributed by atoms with Gasteiger partial charge < -0.3 is 15.0 Å². The fourth-order valence-electron chi connectivity index (χ4n) is 3.55. The number of nitrogens with one attached hydrogen (secondary N) is 1. The average Bonchev–Trinajstić information content (AvgIpc) is 2.73. The summed E-state index contributed by atoms with van der Waals surface area (Å²) in [5.41, 5.74) is 3.91. The number of anilines is 2. The highest BCUT2D eigenvalue weighted by atomic mass is 19.4. The van der Waals surface area contributed by atoms with Crippen LogP contribution in [0.4, 0.5) is 24.8 Å². The molecule has 1 aliphatic rings. The van der Waals surface area contributed by atoms with Crippen LogP contribution in [-0.2, 0) is 13.0 Å². The van der Waals surface area contributed by atoms with Gasteiger partial charge in [0, 0.05) is 37.3 Å². The van der Waals surface area contributed by atoms with Crippen molar-refractivity contribution in [3.8, 4) is 5.75 Å². The molecule has 0 saturated heterocycles. The lowest BCUT2D eigenvalue weighted by Crippen LogP contribution is -2.32. The van der Waals surface area contributed by atoms with E-state index in [1.165, 1.54) is 18.5 Å². The summed E-state index contributed by atoms with van der Waals surface area (Å²) in [4.78, 5) is 15.6. The Balaban J connectivity index is 1.50. The zero-order valence-corrected chi connectivity index (χ0v) is 17.1. The molecule has 3 heterocycles. The molecule has 3 aromatic rings. The Morgan fingerprint density at radius 1 is 1.06 bits per heavy atom. The number of fused-ring (bicyclic) bond motifs is 1. The summed E-state index contributed by atoms with van der Waals surface area (Å²) < 4.78 is 41.0. The first-order valence-corrected chi connectivity index (χ1v) is 9.91. The Hall–Kier alpha value is -3.36. The Labute approximate surface area is 178 Å². The highest BCUT2D eigenvalue weighted by Crippen LogP contribution is 2.29. The number of rotatable bonds is 5. The van der Waals surface area contributed by atoms with E-state index in [0.29, 0.717) is 12.4 Å². The number of hydrogen-bond acceptors (Lipinski definition) is 6. The smallest absolute Gasteiger partial charge is 0.406 e. The van der Waals surface area contributed by atoms with Crippen molar-refractivity contribution in [2.24, 2.45) is 0 Å². The summed E-state index contributed by atoms with van der Waals surface area (Å²) in [6, 6.07) is 9.69. The molecule has 1 unspecified atom stereocenters. The molecule has 4 rings (SSSR count). The molecule has 0 spiro atoms. The van der Waals surface area contributed by atoms with Crippen LogP contribution in [-0.4, -0.2) is 27.9 Å². The van der Waals surface area contributed by atoms with Gasteiger partial charge in [-0.2, -0.15) is 0 Å². The highest BCUT2D eigenvalue weighted by Gasteiger charge is 2.31. The summed E-state index contributed by atoms with van der Waals surface area (Å²) in [6.07, 6.45) is -0.544. The molecule has 0 bridgehead atoms. The maximum Gasteiger partial charge on any atom is 0.573 e. The minimum Gasteiger partial charge on any atom is -0.406 e. The number of hydrogen-bond donors (Lipinski definition) is 1.